The van der Waals surface area contributed by atoms with Gasteiger partial charge in [0.2, 0.25) is 0 Å². The second-order valence-electron chi connectivity index (χ2n) is 20.6. The largest absolute Gasteiger partial charge is 0.462 e. The van der Waals surface area contributed by atoms with Gasteiger partial charge in [-0.3, -0.25) is 19.2 Å². The maximum absolute atomic E-state index is 14.2. The molecule has 2 N–H and O–H groups in total. The number of carbonyl (C=O) groups is 5. The van der Waals surface area contributed by atoms with E-state index in [9.17, 15) is 34.2 Å². The Kier molecular flexibility index (Phi) is 23.7. The van der Waals surface area contributed by atoms with Gasteiger partial charge in [-0.05, 0) is 96.8 Å². The van der Waals surface area contributed by atoms with Crippen molar-refractivity contribution in [2.75, 3.05) is 41.3 Å². The Hall–Kier alpha value is -4.77. The minimum absolute atomic E-state index is 0.0271. The Morgan fingerprint density at radius 3 is 2.31 bits per heavy atom. The van der Waals surface area contributed by atoms with Crippen LogP contribution in [0, 0.1) is 11.8 Å². The van der Waals surface area contributed by atoms with Gasteiger partial charge in [0.1, 0.15) is 43.1 Å². The molecule has 16 atom stereocenters. The Morgan fingerprint density at radius 1 is 0.947 bits per heavy atom. The fraction of sp³-hybridized carbons (Fsp3) is 0.691. The Labute approximate surface area is 442 Å². The number of ether oxygens (including phenoxy) is 9. The monoisotopic (exact) mass is 1050 g/mol. The van der Waals surface area contributed by atoms with Gasteiger partial charge in [-0.15, -0.1) is 0 Å². The minimum atomic E-state index is -1.45. The number of β-amino-alcohol motifs (C(OH)–C–C–N with tert-alkyl or cyclic N) is 1. The number of cyclic esters (lactones) is 1. The van der Waals surface area contributed by atoms with Crippen LogP contribution in [-0.2, 0) is 66.6 Å². The average Bonchev–Trinajstić information content (AvgIpc) is 3.35. The van der Waals surface area contributed by atoms with Gasteiger partial charge in [-0.2, -0.15) is 0 Å². The Morgan fingerprint density at radius 2 is 1.65 bits per heavy atom. The van der Waals surface area contributed by atoms with Crippen LogP contribution in [0.1, 0.15) is 112 Å². The molecule has 0 aliphatic carbocycles. The summed E-state index contributed by atoms with van der Waals surface area (Å²) in [5.74, 6) is -3.49. The van der Waals surface area contributed by atoms with Crippen LogP contribution in [0.15, 0.2) is 49.1 Å². The van der Waals surface area contributed by atoms with E-state index in [2.05, 4.69) is 9.97 Å². The number of aromatic nitrogens is 2. The van der Waals surface area contributed by atoms with Gasteiger partial charge >= 0.3 is 23.9 Å². The number of carbonyl (C=O) groups excluding carboxylic acids is 5. The van der Waals surface area contributed by atoms with Crippen molar-refractivity contribution in [3.8, 4) is 11.1 Å². The fourth-order valence-corrected chi connectivity index (χ4v) is 10.5. The number of aliphatic hydroxyl groups excluding tert-OH is 2. The quantitative estimate of drug-likeness (QED) is 0.119. The van der Waals surface area contributed by atoms with Crippen molar-refractivity contribution in [2.45, 2.75) is 192 Å². The standard InChI is InChI=1S/C55H82N4O16/c1-12-44(63)71-43-27-46(65)70-41(20-15-18-37-17-14-19-38(26-37)40-29-56-32-57-30-40)21-16-23-59(10)31-42(62)33(3)25-39(22-24-60)51(52(43)67-11)74-54-49(66)48(58(8)9)50(34(4)69-54)73-47-28-55(7,75-36(6)61)53(35(5)68-47)72-45(64)13-2/h14-15,17-19,24,26,29-30,32-35,39,41-43,47-54,62,66H,12-13,16,20-23,25,27-28,31H2,1-11H3/t33-,34?,35?,39+,41+,42+,43-,47+,48?,49?,50-,51+,52+,53+,54+,55?/m1/s1. The molecule has 418 valence electrons. The van der Waals surface area contributed by atoms with E-state index in [1.807, 2.05) is 55.3 Å². The van der Waals surface area contributed by atoms with Crippen LogP contribution in [0.3, 0.4) is 0 Å². The molecule has 0 radical (unpaired) electrons. The highest BCUT2D eigenvalue weighted by molar-refractivity contribution is 5.73. The fourth-order valence-electron chi connectivity index (χ4n) is 10.5. The molecule has 3 aliphatic heterocycles. The van der Waals surface area contributed by atoms with E-state index in [1.165, 1.54) is 20.4 Å². The number of aliphatic hydroxyl groups is 2. The third kappa shape index (κ3) is 17.4. The van der Waals surface area contributed by atoms with Gasteiger partial charge < -0.3 is 67.4 Å². The molecule has 3 aliphatic rings. The van der Waals surface area contributed by atoms with E-state index in [1.54, 1.807) is 66.0 Å². The molecule has 0 amide bonds. The summed E-state index contributed by atoms with van der Waals surface area (Å²) in [4.78, 5) is 77.1. The lowest BCUT2D eigenvalue weighted by Gasteiger charge is -2.50. The highest BCUT2D eigenvalue weighted by atomic mass is 16.7. The van der Waals surface area contributed by atoms with E-state index < -0.39 is 127 Å². The second kappa shape index (κ2) is 29.1. The highest BCUT2D eigenvalue weighted by Gasteiger charge is 2.54. The number of hydrogen-bond donors (Lipinski definition) is 2. The average molecular weight is 1060 g/mol. The number of benzene rings is 1. The zero-order chi connectivity index (χ0) is 55.0. The number of esters is 4. The predicted molar refractivity (Wildman–Crippen MR) is 274 cm³/mol. The molecule has 5 unspecified atom stereocenters. The summed E-state index contributed by atoms with van der Waals surface area (Å²) in [7, 11) is 6.79. The van der Waals surface area contributed by atoms with E-state index >= 15 is 0 Å². The summed E-state index contributed by atoms with van der Waals surface area (Å²) in [5.41, 5.74) is 1.40. The lowest BCUT2D eigenvalue weighted by molar-refractivity contribution is -0.344. The van der Waals surface area contributed by atoms with E-state index in [-0.39, 0.29) is 32.1 Å². The molecule has 5 rings (SSSR count). The van der Waals surface area contributed by atoms with Crippen molar-refractivity contribution >= 4 is 36.2 Å². The molecule has 3 saturated heterocycles. The molecule has 0 bridgehead atoms. The molecule has 0 saturated carbocycles. The molecule has 2 aromatic rings. The summed E-state index contributed by atoms with van der Waals surface area (Å²) in [6, 6.07) is 7.06. The zero-order valence-electron chi connectivity index (χ0n) is 45.6. The van der Waals surface area contributed by atoms with Gasteiger partial charge in [-0.25, -0.2) is 9.97 Å². The molecular weight excluding hydrogens is 973 g/mol. The number of methoxy groups -OCH3 is 1. The predicted octanol–water partition coefficient (Wildman–Crippen LogP) is 5.09. The lowest BCUT2D eigenvalue weighted by Crippen LogP contribution is -2.66. The van der Waals surface area contributed by atoms with Crippen LogP contribution in [0.4, 0.5) is 0 Å². The van der Waals surface area contributed by atoms with Crippen LogP contribution in [0.25, 0.3) is 17.2 Å². The van der Waals surface area contributed by atoms with Crippen LogP contribution in [-0.4, -0.2) is 187 Å². The zero-order valence-corrected chi connectivity index (χ0v) is 45.6. The molecule has 0 spiro atoms. The SMILES string of the molecule is CCC(=O)O[C@@H]1CC(=O)O[C@@H](CC=Cc2cccc(-c3cncnc3)c2)CCCN(C)C[C@H](O)[C@H](C)C[C@H](CC=O)[C@H](O[C@@H]2OC(C)[C@@H](O[C@H]3CC(C)(OC(C)=O)[C@@H](OC(=O)CC)C(C)O3)C(N(C)C)C2O)[C@H]1OC. The summed E-state index contributed by atoms with van der Waals surface area (Å²) >= 11 is 0. The number of hydrogen-bond acceptors (Lipinski definition) is 20. The smallest absolute Gasteiger partial charge is 0.309 e. The van der Waals surface area contributed by atoms with Gasteiger partial charge in [0.25, 0.3) is 0 Å². The van der Waals surface area contributed by atoms with Crippen molar-refractivity contribution in [1.29, 1.82) is 0 Å². The van der Waals surface area contributed by atoms with E-state index in [0.717, 1.165) is 23.0 Å². The molecule has 20 heteroatoms. The van der Waals surface area contributed by atoms with Crippen molar-refractivity contribution in [3.63, 3.8) is 0 Å². The van der Waals surface area contributed by atoms with Crippen LogP contribution >= 0.6 is 0 Å². The summed E-state index contributed by atoms with van der Waals surface area (Å²) in [5, 5.41) is 24.1. The third-order valence-electron chi connectivity index (χ3n) is 14.3. The molecule has 20 nitrogen and oxygen atoms in total. The van der Waals surface area contributed by atoms with Crippen molar-refractivity contribution in [2.24, 2.45) is 11.8 Å². The summed E-state index contributed by atoms with van der Waals surface area (Å²) in [6.07, 6.45) is -1.60. The van der Waals surface area contributed by atoms with E-state index in [0.29, 0.717) is 32.4 Å². The molecule has 1 aromatic carbocycles. The van der Waals surface area contributed by atoms with Crippen molar-refractivity contribution in [3.05, 3.63) is 54.6 Å². The maximum atomic E-state index is 14.2. The first kappa shape index (κ1) is 61.1. The number of likely N-dealkylation sites (N-methyl/N-ethyl adjacent to an activating group) is 2. The molecule has 4 heterocycles. The first-order valence-electron chi connectivity index (χ1n) is 26.3. The number of rotatable bonds is 17. The van der Waals surface area contributed by atoms with Gasteiger partial charge in [0.05, 0.1) is 36.9 Å². The van der Waals surface area contributed by atoms with Crippen LogP contribution in [0.2, 0.25) is 0 Å². The van der Waals surface area contributed by atoms with Gasteiger partial charge in [-0.1, -0.05) is 51.1 Å². The highest BCUT2D eigenvalue weighted by Crippen LogP contribution is 2.39. The normalized spacial score (nSPS) is 33.8. The molecule has 75 heavy (non-hydrogen) atoms. The first-order chi connectivity index (χ1) is 35.7. The lowest BCUT2D eigenvalue weighted by atomic mass is 9.82. The Balaban J connectivity index is 1.45. The summed E-state index contributed by atoms with van der Waals surface area (Å²) < 4.78 is 56.2. The molecular formula is C55H82N4O16. The topological polar surface area (TPSA) is 241 Å². The molecule has 1 aromatic heterocycles. The number of nitrogens with zero attached hydrogens (tertiary/aromatic N) is 4. The van der Waals surface area contributed by atoms with Crippen molar-refractivity contribution in [1.82, 2.24) is 19.8 Å². The van der Waals surface area contributed by atoms with Gasteiger partial charge in [0.15, 0.2) is 24.3 Å². The first-order valence-corrected chi connectivity index (χ1v) is 26.3. The second-order valence-corrected chi connectivity index (χ2v) is 20.6. The van der Waals surface area contributed by atoms with Crippen LogP contribution < -0.4 is 0 Å². The van der Waals surface area contributed by atoms with Crippen LogP contribution in [0.5, 0.6) is 0 Å². The van der Waals surface area contributed by atoms with E-state index in [4.69, 9.17) is 42.6 Å². The molecule has 3 fully saturated rings. The summed E-state index contributed by atoms with van der Waals surface area (Å²) in [6.45, 7) is 12.4. The number of aldehydes is 1. The third-order valence-corrected chi connectivity index (χ3v) is 14.3. The Bertz CT molecular complexity index is 2170. The van der Waals surface area contributed by atoms with Gasteiger partial charge in [0, 0.05) is 70.6 Å². The minimum Gasteiger partial charge on any atom is -0.462 e. The maximum Gasteiger partial charge on any atom is 0.309 e. The van der Waals surface area contributed by atoms with Crippen molar-refractivity contribution < 1.29 is 76.8 Å².